The van der Waals surface area contributed by atoms with Gasteiger partial charge in [0, 0.05) is 25.1 Å². The van der Waals surface area contributed by atoms with E-state index in [0.29, 0.717) is 19.3 Å². The van der Waals surface area contributed by atoms with Crippen LogP contribution in [0.2, 0.25) is 0 Å². The Kier molecular flexibility index (Phi) is 28.2. The molecule has 0 radical (unpaired) electrons. The molecule has 20 heteroatoms. The summed E-state index contributed by atoms with van der Waals surface area (Å²) in [4.78, 5) is 100. The van der Waals surface area contributed by atoms with Crippen LogP contribution in [0.5, 0.6) is 0 Å². The van der Waals surface area contributed by atoms with E-state index < -0.39 is 77.5 Å². The molecular weight excluding hydrogens is 692 g/mol. The lowest BCUT2D eigenvalue weighted by atomic mass is 10.0. The maximum atomic E-state index is 11.6. The Morgan fingerprint density at radius 1 is 0.788 bits per heavy atom. The van der Waals surface area contributed by atoms with Gasteiger partial charge in [0.1, 0.15) is 6.04 Å². The molecule has 1 aliphatic rings. The first-order chi connectivity index (χ1) is 24.3. The maximum Gasteiger partial charge on any atom is 0.333 e. The van der Waals surface area contributed by atoms with Crippen molar-refractivity contribution in [2.45, 2.75) is 77.4 Å². The Morgan fingerprint density at radius 2 is 1.35 bits per heavy atom. The molecule has 4 amide bonds. The second-order valence-corrected chi connectivity index (χ2v) is 10.8. The van der Waals surface area contributed by atoms with Crippen molar-refractivity contribution in [1.29, 1.82) is 0 Å². The number of carbonyl (C=O) groups excluding carboxylic acids is 9. The van der Waals surface area contributed by atoms with Crippen LogP contribution in [0.3, 0.4) is 0 Å². The Hall–Kier alpha value is -5.11. The van der Waals surface area contributed by atoms with Gasteiger partial charge in [0.2, 0.25) is 23.6 Å². The third-order valence-corrected chi connectivity index (χ3v) is 7.19. The van der Waals surface area contributed by atoms with E-state index in [4.69, 9.17) is 22.9 Å². The van der Waals surface area contributed by atoms with Gasteiger partial charge in [0.25, 0.3) is 0 Å². The van der Waals surface area contributed by atoms with Crippen molar-refractivity contribution in [3.8, 4) is 0 Å². The van der Waals surface area contributed by atoms with E-state index >= 15 is 0 Å². The lowest BCUT2D eigenvalue weighted by Gasteiger charge is -2.24. The first-order valence-corrected chi connectivity index (χ1v) is 16.0. The van der Waals surface area contributed by atoms with Crippen molar-refractivity contribution in [2.24, 2.45) is 34.8 Å². The van der Waals surface area contributed by atoms with Crippen LogP contribution < -0.4 is 28.3 Å². The fourth-order valence-corrected chi connectivity index (χ4v) is 4.02. The summed E-state index contributed by atoms with van der Waals surface area (Å²) in [6.07, 6.45) is 1.44. The Balaban J connectivity index is -0.000000648. The highest BCUT2D eigenvalue weighted by atomic mass is 16.5. The normalized spacial score (nSPS) is 15.1. The number of hydrogen-bond acceptors (Lipinski definition) is 16. The number of esters is 5. The summed E-state index contributed by atoms with van der Waals surface area (Å²) in [5, 5.41) is 2.83. The fourth-order valence-electron chi connectivity index (χ4n) is 4.02. The van der Waals surface area contributed by atoms with Crippen LogP contribution in [-0.2, 0) is 66.8 Å². The number of hydrogen-bond donors (Lipinski definition) is 5. The van der Waals surface area contributed by atoms with E-state index in [-0.39, 0.29) is 43.8 Å². The first kappa shape index (κ1) is 51.3. The van der Waals surface area contributed by atoms with Crippen LogP contribution in [0, 0.1) is 11.8 Å². The maximum absolute atomic E-state index is 11.6. The summed E-state index contributed by atoms with van der Waals surface area (Å²) in [6.45, 7) is 9.06. The van der Waals surface area contributed by atoms with Gasteiger partial charge in [-0.25, -0.2) is 4.79 Å². The summed E-state index contributed by atoms with van der Waals surface area (Å²) in [6, 6.07) is -1.61. The first-order valence-electron chi connectivity index (χ1n) is 16.0. The summed E-state index contributed by atoms with van der Waals surface area (Å²) in [5.74, 6) is -5.43. The van der Waals surface area contributed by atoms with Crippen molar-refractivity contribution in [3.05, 3.63) is 12.2 Å². The monoisotopic (exact) mass is 748 g/mol. The van der Waals surface area contributed by atoms with Gasteiger partial charge in [-0.15, -0.1) is 0 Å². The van der Waals surface area contributed by atoms with Gasteiger partial charge < -0.3 is 56.8 Å². The van der Waals surface area contributed by atoms with Crippen LogP contribution in [0.25, 0.3) is 0 Å². The van der Waals surface area contributed by atoms with Crippen molar-refractivity contribution >= 4 is 53.5 Å². The number of likely N-dealkylation sites (tertiary alicyclic amines) is 1. The van der Waals surface area contributed by atoms with Crippen molar-refractivity contribution in [1.82, 2.24) is 10.2 Å². The molecule has 1 fully saturated rings. The van der Waals surface area contributed by atoms with Gasteiger partial charge in [-0.3, -0.25) is 38.4 Å². The van der Waals surface area contributed by atoms with Gasteiger partial charge in [-0.1, -0.05) is 27.4 Å². The molecule has 52 heavy (non-hydrogen) atoms. The smallest absolute Gasteiger partial charge is 0.333 e. The number of nitrogens with one attached hydrogen (secondary N) is 1. The molecule has 1 aliphatic heterocycles. The highest BCUT2D eigenvalue weighted by molar-refractivity contribution is 5.93. The van der Waals surface area contributed by atoms with E-state index in [9.17, 15) is 43.2 Å². The number of carbonyl (C=O) groups is 9. The molecule has 298 valence electrons. The molecule has 1 rings (SSSR count). The lowest BCUT2D eigenvalue weighted by Crippen LogP contribution is -2.45. The summed E-state index contributed by atoms with van der Waals surface area (Å²) >= 11 is 0. The van der Waals surface area contributed by atoms with E-state index in [2.05, 4.69) is 35.6 Å². The van der Waals surface area contributed by atoms with E-state index in [1.54, 1.807) is 13.8 Å². The highest BCUT2D eigenvalue weighted by Crippen LogP contribution is 2.22. The number of rotatable bonds is 17. The zero-order chi connectivity index (χ0) is 41.1. The minimum Gasteiger partial charge on any atom is -0.469 e. The minimum atomic E-state index is -0.698. The molecule has 1 saturated heterocycles. The predicted octanol–water partition coefficient (Wildman–Crippen LogP) is -2.05. The Morgan fingerprint density at radius 3 is 1.69 bits per heavy atom. The largest absolute Gasteiger partial charge is 0.469 e. The average Bonchev–Trinajstić information content (AvgIpc) is 3.50. The van der Waals surface area contributed by atoms with Gasteiger partial charge >= 0.3 is 29.8 Å². The third-order valence-electron chi connectivity index (χ3n) is 7.19. The molecular formula is C32H56N6O14. The standard InChI is InChI=1S/C11H20N2O5.C10H16N2O4.C7H10O4.C4H10N2O/c1-4-8(10(12)15)13-6-7(11(16)18-3)5-9(14)17-2;1-3-7(9(11)14)12-5-6(4-8(12)13)10(15)16-2;1-5(7(9)11-3)4-6(8)10-2;1-2-3(5)4(6)7/h7-8,13H,4-6H2,1-3H3,(H2,12,15);6-7H,3-5H2,1-2H3,(H2,11,14);1,4H2,2-3H3;3H,2,5H2,1H3,(H2,6,7)/t7?,8-;6?,7-;;3-/m00.0/s1. The van der Waals surface area contributed by atoms with Crippen LogP contribution in [0.1, 0.15) is 59.3 Å². The van der Waals surface area contributed by atoms with Crippen LogP contribution in [0.15, 0.2) is 12.2 Å². The summed E-state index contributed by atoms with van der Waals surface area (Å²) in [5.41, 5.74) is 20.4. The predicted molar refractivity (Wildman–Crippen MR) is 184 cm³/mol. The van der Waals surface area contributed by atoms with Crippen LogP contribution in [0.4, 0.5) is 0 Å². The molecule has 0 aromatic rings. The molecule has 0 aromatic carbocycles. The summed E-state index contributed by atoms with van der Waals surface area (Å²) < 4.78 is 22.3. The zero-order valence-corrected chi connectivity index (χ0v) is 31.2. The molecule has 0 aliphatic carbocycles. The molecule has 5 atom stereocenters. The topological polar surface area (TPSA) is 319 Å². The SMILES string of the molecule is C=C(CC(=O)OC)C(=O)OC.CC[C@@H](C(N)=O)N1CC(C(=O)OC)CC1=O.CC[C@H](N)C(N)=O.CC[C@H](NCC(CC(=O)OC)C(=O)OC)C(N)=O. The molecule has 1 heterocycles. The molecule has 2 unspecified atom stereocenters. The van der Waals surface area contributed by atoms with Crippen molar-refractivity contribution < 1.29 is 66.8 Å². The van der Waals surface area contributed by atoms with Crippen LogP contribution in [-0.4, -0.2) is 125 Å². The van der Waals surface area contributed by atoms with E-state index in [0.717, 1.165) is 0 Å². The number of primary amides is 3. The zero-order valence-electron chi connectivity index (χ0n) is 31.2. The molecule has 0 spiro atoms. The molecule has 20 nitrogen and oxygen atoms in total. The molecule has 0 aromatic heterocycles. The number of methoxy groups -OCH3 is 5. The fraction of sp³-hybridized carbons (Fsp3) is 0.656. The van der Waals surface area contributed by atoms with Crippen molar-refractivity contribution in [2.75, 3.05) is 48.6 Å². The minimum absolute atomic E-state index is 0.0937. The number of nitrogens with zero attached hydrogens (tertiary/aromatic N) is 1. The van der Waals surface area contributed by atoms with Crippen molar-refractivity contribution in [3.63, 3.8) is 0 Å². The number of amides is 4. The molecule has 9 N–H and O–H groups in total. The van der Waals surface area contributed by atoms with E-state index in [1.165, 1.54) is 40.4 Å². The Bertz CT molecular complexity index is 1230. The second kappa shape index (κ2) is 28.6. The quantitative estimate of drug-likeness (QED) is 0.0607. The average molecular weight is 749 g/mol. The van der Waals surface area contributed by atoms with Crippen LogP contribution >= 0.6 is 0 Å². The molecule has 0 saturated carbocycles. The highest BCUT2D eigenvalue weighted by Gasteiger charge is 2.39. The van der Waals surface area contributed by atoms with E-state index in [1.807, 2.05) is 6.92 Å². The molecule has 0 bridgehead atoms. The second-order valence-electron chi connectivity index (χ2n) is 10.8. The summed E-state index contributed by atoms with van der Waals surface area (Å²) in [7, 11) is 6.22. The lowest BCUT2D eigenvalue weighted by molar-refractivity contribution is -0.152. The van der Waals surface area contributed by atoms with Gasteiger partial charge in [0.05, 0.1) is 72.3 Å². The third kappa shape index (κ3) is 21.2. The number of nitrogens with two attached hydrogens (primary N) is 4. The van der Waals surface area contributed by atoms with Gasteiger partial charge in [0.15, 0.2) is 0 Å². The Labute approximate surface area is 303 Å². The van der Waals surface area contributed by atoms with Gasteiger partial charge in [-0.05, 0) is 19.3 Å². The number of ether oxygens (including phenoxy) is 5. The van der Waals surface area contributed by atoms with Gasteiger partial charge in [-0.2, -0.15) is 0 Å².